The van der Waals surface area contributed by atoms with Crippen LogP contribution in [0.4, 0.5) is 0 Å². The number of aliphatic carboxylic acids is 1. The van der Waals surface area contributed by atoms with Crippen LogP contribution in [-0.4, -0.2) is 53.1 Å². The molecule has 4 rings (SSSR count). The number of rotatable bonds is 6. The van der Waals surface area contributed by atoms with Gasteiger partial charge in [-0.2, -0.15) is 0 Å². The van der Waals surface area contributed by atoms with Gasteiger partial charge in [-0.05, 0) is 73.6 Å². The molecule has 2 heterocycles. The van der Waals surface area contributed by atoms with Crippen LogP contribution in [0.3, 0.4) is 0 Å². The van der Waals surface area contributed by atoms with Gasteiger partial charge in [-0.1, -0.05) is 36.4 Å². The molecule has 0 unspecified atom stereocenters. The van der Waals surface area contributed by atoms with Crippen molar-refractivity contribution >= 4 is 16.7 Å². The van der Waals surface area contributed by atoms with E-state index in [1.807, 2.05) is 0 Å². The molecule has 4 heteroatoms. The van der Waals surface area contributed by atoms with Crippen molar-refractivity contribution in [3.05, 3.63) is 48.0 Å². The smallest absolute Gasteiger partial charge is 0.303 e. The molecule has 0 saturated carbocycles. The third-order valence-corrected chi connectivity index (χ3v) is 6.34. The molecule has 144 valence electrons. The van der Waals surface area contributed by atoms with Crippen molar-refractivity contribution in [2.24, 2.45) is 5.92 Å². The molecular weight excluding hydrogens is 336 g/mol. The molecule has 0 radical (unpaired) electrons. The molecule has 2 aromatic carbocycles. The van der Waals surface area contributed by atoms with E-state index >= 15 is 0 Å². The summed E-state index contributed by atoms with van der Waals surface area (Å²) in [6.07, 6.45) is 4.84. The summed E-state index contributed by atoms with van der Waals surface area (Å²) < 4.78 is 0. The molecule has 0 aromatic heterocycles. The minimum atomic E-state index is -0.665. The van der Waals surface area contributed by atoms with E-state index in [0.29, 0.717) is 18.4 Å². The van der Waals surface area contributed by atoms with E-state index in [0.717, 1.165) is 32.5 Å². The highest BCUT2D eigenvalue weighted by Gasteiger charge is 2.34. The van der Waals surface area contributed by atoms with E-state index in [1.165, 1.54) is 42.3 Å². The fourth-order valence-corrected chi connectivity index (χ4v) is 4.98. The first-order valence-corrected chi connectivity index (χ1v) is 10.3. The Morgan fingerprint density at radius 1 is 1.04 bits per heavy atom. The van der Waals surface area contributed by atoms with Crippen molar-refractivity contribution in [2.75, 3.05) is 26.2 Å². The lowest BCUT2D eigenvalue weighted by Gasteiger charge is -2.43. The maximum absolute atomic E-state index is 11.1. The number of carboxylic acid groups (broad SMARTS) is 1. The van der Waals surface area contributed by atoms with Crippen LogP contribution in [0.15, 0.2) is 42.5 Å². The fourth-order valence-electron chi connectivity index (χ4n) is 4.98. The van der Waals surface area contributed by atoms with Crippen molar-refractivity contribution in [3.63, 3.8) is 0 Å². The largest absolute Gasteiger partial charge is 0.481 e. The number of hydrogen-bond acceptors (Lipinski definition) is 3. The zero-order valence-corrected chi connectivity index (χ0v) is 16.0. The highest BCUT2D eigenvalue weighted by atomic mass is 16.4. The molecule has 0 bridgehead atoms. The Bertz CT molecular complexity index is 785. The van der Waals surface area contributed by atoms with Gasteiger partial charge in [0.05, 0.1) is 0 Å². The summed E-state index contributed by atoms with van der Waals surface area (Å²) in [4.78, 5) is 16.3. The zero-order chi connectivity index (χ0) is 18.6. The highest BCUT2D eigenvalue weighted by molar-refractivity contribution is 5.82. The molecule has 0 spiro atoms. The molecule has 1 N–H and O–H groups in total. The van der Waals surface area contributed by atoms with Crippen molar-refractivity contribution in [3.8, 4) is 0 Å². The van der Waals surface area contributed by atoms with E-state index in [4.69, 9.17) is 0 Å². The number of hydrogen-bond donors (Lipinski definition) is 1. The standard InChI is InChI=1S/C23H30N2O2/c26-23(27)10-9-21-17-24(14-11-22(21)25-12-3-4-13-25)16-18-7-8-19-5-1-2-6-20(19)15-18/h1-2,5-8,15,21-22H,3-4,9-14,16-17H2,(H,26,27)/t21-,22+/m1/s1. The normalized spacial score (nSPS) is 24.4. The van der Waals surface area contributed by atoms with Crippen molar-refractivity contribution in [1.82, 2.24) is 9.80 Å². The van der Waals surface area contributed by atoms with Gasteiger partial charge in [0.15, 0.2) is 0 Å². The molecule has 2 saturated heterocycles. The van der Waals surface area contributed by atoms with Crippen LogP contribution in [-0.2, 0) is 11.3 Å². The lowest BCUT2D eigenvalue weighted by atomic mass is 9.87. The molecule has 4 nitrogen and oxygen atoms in total. The van der Waals surface area contributed by atoms with E-state index in [-0.39, 0.29) is 0 Å². The predicted octanol–water partition coefficient (Wildman–Crippen LogP) is 3.99. The molecule has 2 atom stereocenters. The fraction of sp³-hybridized carbons (Fsp3) is 0.522. The lowest BCUT2D eigenvalue weighted by Crippen LogP contribution is -2.50. The van der Waals surface area contributed by atoms with Crippen LogP contribution in [0.5, 0.6) is 0 Å². The van der Waals surface area contributed by atoms with Crippen LogP contribution in [0, 0.1) is 5.92 Å². The van der Waals surface area contributed by atoms with Gasteiger partial charge in [-0.15, -0.1) is 0 Å². The van der Waals surface area contributed by atoms with Gasteiger partial charge in [0.2, 0.25) is 0 Å². The van der Waals surface area contributed by atoms with Gasteiger partial charge in [-0.25, -0.2) is 0 Å². The number of likely N-dealkylation sites (tertiary alicyclic amines) is 2. The van der Waals surface area contributed by atoms with Gasteiger partial charge < -0.3 is 10.0 Å². The van der Waals surface area contributed by atoms with Crippen LogP contribution in [0.2, 0.25) is 0 Å². The minimum absolute atomic E-state index is 0.290. The molecule has 2 aliphatic heterocycles. The van der Waals surface area contributed by atoms with Gasteiger partial charge in [0, 0.05) is 25.6 Å². The monoisotopic (exact) mass is 366 g/mol. The number of carboxylic acids is 1. The predicted molar refractivity (Wildman–Crippen MR) is 109 cm³/mol. The van der Waals surface area contributed by atoms with Crippen LogP contribution in [0.25, 0.3) is 10.8 Å². The first kappa shape index (κ1) is 18.5. The first-order valence-electron chi connectivity index (χ1n) is 10.3. The second-order valence-electron chi connectivity index (χ2n) is 8.21. The second-order valence-corrected chi connectivity index (χ2v) is 8.21. The van der Waals surface area contributed by atoms with Gasteiger partial charge in [0.25, 0.3) is 0 Å². The molecule has 27 heavy (non-hydrogen) atoms. The highest BCUT2D eigenvalue weighted by Crippen LogP contribution is 2.30. The first-order chi connectivity index (χ1) is 13.2. The summed E-state index contributed by atoms with van der Waals surface area (Å²) in [6.45, 7) is 5.47. The summed E-state index contributed by atoms with van der Waals surface area (Å²) in [5.74, 6) is -0.199. The molecule has 0 amide bonds. The van der Waals surface area contributed by atoms with Crippen molar-refractivity contribution in [1.29, 1.82) is 0 Å². The average Bonchev–Trinajstić information content (AvgIpc) is 3.21. The Hall–Kier alpha value is -1.91. The third kappa shape index (κ3) is 4.50. The second kappa shape index (κ2) is 8.41. The van der Waals surface area contributed by atoms with E-state index in [9.17, 15) is 9.90 Å². The van der Waals surface area contributed by atoms with Gasteiger partial charge >= 0.3 is 5.97 Å². The number of piperidine rings is 1. The molecule has 2 aromatic rings. The lowest BCUT2D eigenvalue weighted by molar-refractivity contribution is -0.137. The van der Waals surface area contributed by atoms with Gasteiger partial charge in [0.1, 0.15) is 0 Å². The quantitative estimate of drug-likeness (QED) is 0.839. The minimum Gasteiger partial charge on any atom is -0.481 e. The van der Waals surface area contributed by atoms with Crippen molar-refractivity contribution in [2.45, 2.75) is 44.7 Å². The third-order valence-electron chi connectivity index (χ3n) is 6.34. The van der Waals surface area contributed by atoms with Crippen LogP contribution in [0.1, 0.15) is 37.7 Å². The van der Waals surface area contributed by atoms with E-state index in [2.05, 4.69) is 52.3 Å². The maximum atomic E-state index is 11.1. The van der Waals surface area contributed by atoms with E-state index < -0.39 is 5.97 Å². The number of fused-ring (bicyclic) bond motifs is 1. The molecule has 2 aliphatic rings. The summed E-state index contributed by atoms with van der Waals surface area (Å²) in [5.41, 5.74) is 1.35. The Kier molecular flexibility index (Phi) is 5.74. The SMILES string of the molecule is O=C(O)CC[C@@H]1CN(Cc2ccc3ccccc3c2)CC[C@@H]1N1CCCC1. The van der Waals surface area contributed by atoms with Crippen LogP contribution < -0.4 is 0 Å². The number of carbonyl (C=O) groups is 1. The van der Waals surface area contributed by atoms with Crippen molar-refractivity contribution < 1.29 is 9.90 Å². The number of nitrogens with zero attached hydrogens (tertiary/aromatic N) is 2. The maximum Gasteiger partial charge on any atom is 0.303 e. The summed E-state index contributed by atoms with van der Waals surface area (Å²) in [5, 5.41) is 11.8. The van der Waals surface area contributed by atoms with Gasteiger partial charge in [-0.3, -0.25) is 9.69 Å². The molecule has 2 fully saturated rings. The van der Waals surface area contributed by atoms with Crippen LogP contribution >= 0.6 is 0 Å². The average molecular weight is 367 g/mol. The summed E-state index contributed by atoms with van der Waals surface area (Å²) in [7, 11) is 0. The Labute approximate surface area is 161 Å². The summed E-state index contributed by atoms with van der Waals surface area (Å²) >= 11 is 0. The van der Waals surface area contributed by atoms with E-state index in [1.54, 1.807) is 0 Å². The Morgan fingerprint density at radius 3 is 2.59 bits per heavy atom. The zero-order valence-electron chi connectivity index (χ0n) is 16.0. The Balaban J connectivity index is 1.44. The molecule has 0 aliphatic carbocycles. The number of benzene rings is 2. The summed E-state index contributed by atoms with van der Waals surface area (Å²) in [6, 6.07) is 15.8. The topological polar surface area (TPSA) is 43.8 Å². The molecular formula is C23H30N2O2. The Morgan fingerprint density at radius 2 is 1.81 bits per heavy atom.